The number of piperazine rings is 1. The van der Waals surface area contributed by atoms with Gasteiger partial charge in [-0.3, -0.25) is 9.80 Å². The highest BCUT2D eigenvalue weighted by Gasteiger charge is 2.22. The largest absolute Gasteiger partial charge is 0.435 e. The topological polar surface area (TPSA) is 35.9 Å². The Labute approximate surface area is 130 Å². The van der Waals surface area contributed by atoms with Gasteiger partial charge in [-0.1, -0.05) is 19.1 Å². The van der Waals surface area contributed by atoms with Crippen molar-refractivity contribution in [2.24, 2.45) is 0 Å². The van der Waals surface area contributed by atoms with Gasteiger partial charge in [-0.25, -0.2) is 0 Å². The van der Waals surface area contributed by atoms with E-state index < -0.39 is 6.61 Å². The van der Waals surface area contributed by atoms with E-state index in [2.05, 4.69) is 21.5 Å². The standard InChI is InChI=1S/C16H24F2N2O2/c1-2-14(12-21)20-8-6-19(7-9-20)11-13-4-3-5-15(10-13)22-16(17)18/h3-5,10,14,16,21H,2,6-9,11-12H2,1H3. The Hall–Kier alpha value is -1.24. The van der Waals surface area contributed by atoms with Crippen LogP contribution in [0.1, 0.15) is 18.9 Å². The number of hydrogen-bond acceptors (Lipinski definition) is 4. The molecule has 1 unspecified atom stereocenters. The van der Waals surface area contributed by atoms with Crippen LogP contribution >= 0.6 is 0 Å². The van der Waals surface area contributed by atoms with E-state index in [4.69, 9.17) is 0 Å². The summed E-state index contributed by atoms with van der Waals surface area (Å²) in [5, 5.41) is 9.35. The lowest BCUT2D eigenvalue weighted by atomic mass is 10.1. The molecule has 1 aliphatic heterocycles. The predicted molar refractivity (Wildman–Crippen MR) is 81.1 cm³/mol. The average Bonchev–Trinajstić information content (AvgIpc) is 2.50. The normalized spacial score (nSPS) is 18.6. The molecule has 1 aliphatic rings. The lowest BCUT2D eigenvalue weighted by Crippen LogP contribution is -2.50. The number of halogens is 2. The molecule has 4 nitrogen and oxygen atoms in total. The van der Waals surface area contributed by atoms with Crippen LogP contribution in [0.3, 0.4) is 0 Å². The minimum Gasteiger partial charge on any atom is -0.435 e. The third kappa shape index (κ3) is 4.90. The third-order valence-corrected chi connectivity index (χ3v) is 4.14. The van der Waals surface area contributed by atoms with Crippen LogP contribution in [-0.2, 0) is 6.54 Å². The van der Waals surface area contributed by atoms with E-state index in [-0.39, 0.29) is 18.4 Å². The number of ether oxygens (including phenoxy) is 1. The second-order valence-electron chi connectivity index (χ2n) is 5.58. The molecule has 1 aromatic rings. The van der Waals surface area contributed by atoms with Crippen LogP contribution in [0.2, 0.25) is 0 Å². The fourth-order valence-electron chi connectivity index (χ4n) is 2.87. The lowest BCUT2D eigenvalue weighted by Gasteiger charge is -2.38. The molecule has 22 heavy (non-hydrogen) atoms. The Bertz CT molecular complexity index is 448. The molecule has 2 rings (SSSR count). The zero-order valence-electron chi connectivity index (χ0n) is 12.9. The van der Waals surface area contributed by atoms with Crippen molar-refractivity contribution in [1.82, 2.24) is 9.80 Å². The summed E-state index contributed by atoms with van der Waals surface area (Å²) in [6, 6.07) is 7.11. The molecule has 124 valence electrons. The average molecular weight is 314 g/mol. The van der Waals surface area contributed by atoms with Crippen molar-refractivity contribution in [3.63, 3.8) is 0 Å². The molecule has 0 bridgehead atoms. The first-order valence-electron chi connectivity index (χ1n) is 7.73. The van der Waals surface area contributed by atoms with Gasteiger partial charge in [0.2, 0.25) is 0 Å². The lowest BCUT2D eigenvalue weighted by molar-refractivity contribution is -0.0499. The van der Waals surface area contributed by atoms with Crippen LogP contribution in [0.5, 0.6) is 5.75 Å². The van der Waals surface area contributed by atoms with Crippen molar-refractivity contribution in [2.75, 3.05) is 32.8 Å². The van der Waals surface area contributed by atoms with Crippen molar-refractivity contribution in [1.29, 1.82) is 0 Å². The van der Waals surface area contributed by atoms with E-state index in [1.54, 1.807) is 18.2 Å². The molecule has 0 spiro atoms. The third-order valence-electron chi connectivity index (χ3n) is 4.14. The Kier molecular flexibility index (Phi) is 6.54. The number of nitrogens with zero attached hydrogens (tertiary/aromatic N) is 2. The number of benzene rings is 1. The van der Waals surface area contributed by atoms with Crippen molar-refractivity contribution in [3.8, 4) is 5.75 Å². The molecule has 1 fully saturated rings. The number of hydrogen-bond donors (Lipinski definition) is 1. The summed E-state index contributed by atoms with van der Waals surface area (Å²) in [7, 11) is 0. The van der Waals surface area contributed by atoms with Crippen LogP contribution in [-0.4, -0.2) is 60.3 Å². The van der Waals surface area contributed by atoms with Crippen molar-refractivity contribution in [3.05, 3.63) is 29.8 Å². The van der Waals surface area contributed by atoms with E-state index in [1.807, 2.05) is 6.07 Å². The van der Waals surface area contributed by atoms with Crippen molar-refractivity contribution in [2.45, 2.75) is 32.5 Å². The van der Waals surface area contributed by atoms with E-state index in [1.165, 1.54) is 0 Å². The molecule has 0 aliphatic carbocycles. The van der Waals surface area contributed by atoms with Crippen molar-refractivity contribution >= 4 is 0 Å². The summed E-state index contributed by atoms with van der Waals surface area (Å²) < 4.78 is 28.9. The number of aliphatic hydroxyl groups is 1. The number of alkyl halides is 2. The first-order chi connectivity index (χ1) is 10.6. The Morgan fingerprint density at radius 1 is 1.23 bits per heavy atom. The molecule has 1 atom stereocenters. The Balaban J connectivity index is 1.85. The molecular weight excluding hydrogens is 290 g/mol. The summed E-state index contributed by atoms with van der Waals surface area (Å²) in [6.45, 7) is 3.89. The van der Waals surface area contributed by atoms with Crippen LogP contribution in [0.4, 0.5) is 8.78 Å². The zero-order valence-corrected chi connectivity index (χ0v) is 12.9. The minimum absolute atomic E-state index is 0.198. The van der Waals surface area contributed by atoms with E-state index in [0.717, 1.165) is 44.7 Å². The smallest absolute Gasteiger partial charge is 0.387 e. The molecule has 1 heterocycles. The maximum atomic E-state index is 12.2. The van der Waals surface area contributed by atoms with Gasteiger partial charge in [-0.05, 0) is 24.1 Å². The van der Waals surface area contributed by atoms with Crippen LogP contribution in [0, 0.1) is 0 Å². The van der Waals surface area contributed by atoms with Gasteiger partial charge in [0.1, 0.15) is 5.75 Å². The molecule has 0 saturated carbocycles. The zero-order chi connectivity index (χ0) is 15.9. The molecule has 1 N–H and O–H groups in total. The van der Waals surface area contributed by atoms with Gasteiger partial charge in [-0.15, -0.1) is 0 Å². The molecule has 1 saturated heterocycles. The number of rotatable bonds is 7. The quantitative estimate of drug-likeness (QED) is 0.837. The summed E-state index contributed by atoms with van der Waals surface area (Å²) in [6.07, 6.45) is 0.948. The highest BCUT2D eigenvalue weighted by Crippen LogP contribution is 2.18. The first kappa shape index (κ1) is 17.1. The molecule has 0 amide bonds. The molecule has 6 heteroatoms. The molecule has 0 aromatic heterocycles. The fraction of sp³-hybridized carbons (Fsp3) is 0.625. The summed E-state index contributed by atoms with van der Waals surface area (Å²) in [5.74, 6) is 0.206. The van der Waals surface area contributed by atoms with Gasteiger partial charge < -0.3 is 9.84 Å². The SMILES string of the molecule is CCC(CO)N1CCN(Cc2cccc(OC(F)F)c2)CC1. The first-order valence-corrected chi connectivity index (χ1v) is 7.73. The molecular formula is C16H24F2N2O2. The summed E-state index contributed by atoms with van der Waals surface area (Å²) in [4.78, 5) is 4.61. The van der Waals surface area contributed by atoms with E-state index in [9.17, 15) is 13.9 Å². The van der Waals surface area contributed by atoms with Crippen molar-refractivity contribution < 1.29 is 18.6 Å². The van der Waals surface area contributed by atoms with Gasteiger partial charge >= 0.3 is 6.61 Å². The second-order valence-corrected chi connectivity index (χ2v) is 5.58. The van der Waals surface area contributed by atoms with E-state index in [0.29, 0.717) is 0 Å². The van der Waals surface area contributed by atoms with Gasteiger partial charge in [0.15, 0.2) is 0 Å². The highest BCUT2D eigenvalue weighted by atomic mass is 19.3. The molecule has 0 radical (unpaired) electrons. The van der Waals surface area contributed by atoms with Gasteiger partial charge in [0, 0.05) is 38.8 Å². The summed E-state index contributed by atoms with van der Waals surface area (Å²) in [5.41, 5.74) is 0.973. The van der Waals surface area contributed by atoms with E-state index >= 15 is 0 Å². The second kappa shape index (κ2) is 8.41. The molecule has 1 aromatic carbocycles. The Morgan fingerprint density at radius 2 is 1.95 bits per heavy atom. The van der Waals surface area contributed by atoms with Crippen LogP contribution in [0.25, 0.3) is 0 Å². The minimum atomic E-state index is -2.79. The maximum absolute atomic E-state index is 12.2. The monoisotopic (exact) mass is 314 g/mol. The van der Waals surface area contributed by atoms with Gasteiger partial charge in [-0.2, -0.15) is 8.78 Å². The predicted octanol–water partition coefficient (Wildman–Crippen LogP) is 2.18. The Morgan fingerprint density at radius 3 is 2.55 bits per heavy atom. The van der Waals surface area contributed by atoms with Crippen LogP contribution < -0.4 is 4.74 Å². The van der Waals surface area contributed by atoms with Gasteiger partial charge in [0.25, 0.3) is 0 Å². The number of aliphatic hydroxyl groups excluding tert-OH is 1. The summed E-state index contributed by atoms with van der Waals surface area (Å²) >= 11 is 0. The highest BCUT2D eigenvalue weighted by molar-refractivity contribution is 5.28. The maximum Gasteiger partial charge on any atom is 0.387 e. The van der Waals surface area contributed by atoms with Gasteiger partial charge in [0.05, 0.1) is 6.61 Å². The fourth-order valence-corrected chi connectivity index (χ4v) is 2.87. The van der Waals surface area contributed by atoms with Crippen LogP contribution in [0.15, 0.2) is 24.3 Å².